The number of halogens is 2. The van der Waals surface area contributed by atoms with Crippen molar-refractivity contribution in [2.24, 2.45) is 0 Å². The summed E-state index contributed by atoms with van der Waals surface area (Å²) >= 11 is 13.4. The molecule has 1 heterocycles. The molecule has 1 amide bonds. The van der Waals surface area contributed by atoms with Crippen LogP contribution in [0.5, 0.6) is 5.75 Å². The van der Waals surface area contributed by atoms with E-state index < -0.39 is 0 Å². The van der Waals surface area contributed by atoms with Crippen LogP contribution in [-0.2, 0) is 4.79 Å². The zero-order chi connectivity index (χ0) is 19.2. The third-order valence-electron chi connectivity index (χ3n) is 3.67. The zero-order valence-corrected chi connectivity index (χ0v) is 16.9. The van der Waals surface area contributed by atoms with Crippen LogP contribution in [0.25, 0.3) is 10.6 Å². The molecule has 0 unspecified atom stereocenters. The van der Waals surface area contributed by atoms with Crippen LogP contribution in [0.4, 0.5) is 5.13 Å². The molecule has 0 aliphatic rings. The highest BCUT2D eigenvalue weighted by molar-refractivity contribution is 7.18. The summed E-state index contributed by atoms with van der Waals surface area (Å²) in [5.74, 6) is 0.480. The van der Waals surface area contributed by atoms with E-state index in [1.54, 1.807) is 17.0 Å². The Labute approximate surface area is 171 Å². The van der Waals surface area contributed by atoms with Crippen molar-refractivity contribution in [3.63, 3.8) is 0 Å². The SMILES string of the molecule is CCCN(C(=O)COc1ccccc1)c1nnc(-c2ccc(Cl)c(Cl)c2)s1. The smallest absolute Gasteiger partial charge is 0.266 e. The second kappa shape index (κ2) is 9.17. The van der Waals surface area contributed by atoms with Crippen molar-refractivity contribution in [2.45, 2.75) is 13.3 Å². The molecule has 3 rings (SSSR count). The van der Waals surface area contributed by atoms with E-state index in [0.717, 1.165) is 12.0 Å². The number of rotatable bonds is 7. The largest absolute Gasteiger partial charge is 0.484 e. The summed E-state index contributed by atoms with van der Waals surface area (Å²) in [6.45, 7) is 2.47. The first-order valence-electron chi connectivity index (χ1n) is 8.35. The van der Waals surface area contributed by atoms with Gasteiger partial charge in [-0.3, -0.25) is 9.69 Å². The van der Waals surface area contributed by atoms with Crippen LogP contribution >= 0.6 is 34.5 Å². The quantitative estimate of drug-likeness (QED) is 0.516. The molecule has 0 spiro atoms. The third-order valence-corrected chi connectivity index (χ3v) is 5.40. The highest BCUT2D eigenvalue weighted by atomic mass is 35.5. The van der Waals surface area contributed by atoms with Gasteiger partial charge in [0.1, 0.15) is 10.8 Å². The maximum absolute atomic E-state index is 12.7. The summed E-state index contributed by atoms with van der Waals surface area (Å²) in [6, 6.07) is 14.5. The monoisotopic (exact) mass is 421 g/mol. The second-order valence-electron chi connectivity index (χ2n) is 5.67. The lowest BCUT2D eigenvalue weighted by atomic mass is 10.2. The fourth-order valence-electron chi connectivity index (χ4n) is 2.36. The van der Waals surface area contributed by atoms with Gasteiger partial charge in [0.05, 0.1) is 10.0 Å². The first-order chi connectivity index (χ1) is 13.1. The Hall–Kier alpha value is -2.15. The van der Waals surface area contributed by atoms with Gasteiger partial charge in [-0.2, -0.15) is 0 Å². The van der Waals surface area contributed by atoms with Gasteiger partial charge in [0.2, 0.25) is 5.13 Å². The van der Waals surface area contributed by atoms with E-state index in [0.29, 0.717) is 32.5 Å². The number of aromatic nitrogens is 2. The van der Waals surface area contributed by atoms with Crippen molar-refractivity contribution in [2.75, 3.05) is 18.1 Å². The summed E-state index contributed by atoms with van der Waals surface area (Å²) in [7, 11) is 0. The van der Waals surface area contributed by atoms with Gasteiger partial charge in [0.25, 0.3) is 5.91 Å². The fraction of sp³-hybridized carbons (Fsp3) is 0.211. The highest BCUT2D eigenvalue weighted by Crippen LogP contribution is 2.32. The van der Waals surface area contributed by atoms with Crippen molar-refractivity contribution in [3.05, 3.63) is 58.6 Å². The molecule has 27 heavy (non-hydrogen) atoms. The molecule has 0 fully saturated rings. The van der Waals surface area contributed by atoms with Crippen LogP contribution < -0.4 is 9.64 Å². The second-order valence-corrected chi connectivity index (χ2v) is 7.44. The predicted octanol–water partition coefficient (Wildman–Crippen LogP) is 5.33. The number of carbonyl (C=O) groups is 1. The minimum Gasteiger partial charge on any atom is -0.484 e. The third kappa shape index (κ3) is 4.97. The Kier molecular flexibility index (Phi) is 6.66. The summed E-state index contributed by atoms with van der Waals surface area (Å²) in [4.78, 5) is 14.3. The van der Waals surface area contributed by atoms with Gasteiger partial charge < -0.3 is 4.74 Å². The van der Waals surface area contributed by atoms with E-state index in [-0.39, 0.29) is 12.5 Å². The molecule has 3 aromatic rings. The zero-order valence-electron chi connectivity index (χ0n) is 14.6. The lowest BCUT2D eigenvalue weighted by molar-refractivity contribution is -0.120. The Bertz CT molecular complexity index is 918. The molecular formula is C19H17Cl2N3O2S. The standard InChI is InChI=1S/C19H17Cl2N3O2S/c1-2-10-24(17(25)12-26-14-6-4-3-5-7-14)19-23-22-18(27-19)13-8-9-15(20)16(21)11-13/h3-9,11H,2,10,12H2,1H3. The van der Waals surface area contributed by atoms with E-state index in [2.05, 4.69) is 10.2 Å². The van der Waals surface area contributed by atoms with Crippen LogP contribution in [0, 0.1) is 0 Å². The van der Waals surface area contributed by atoms with Crippen molar-refractivity contribution < 1.29 is 9.53 Å². The van der Waals surface area contributed by atoms with E-state index in [1.165, 1.54) is 11.3 Å². The number of benzene rings is 2. The first kappa shape index (κ1) is 19.6. The average Bonchev–Trinajstić information content (AvgIpc) is 3.17. The van der Waals surface area contributed by atoms with E-state index in [9.17, 15) is 4.79 Å². The van der Waals surface area contributed by atoms with Crippen LogP contribution in [0.3, 0.4) is 0 Å². The lowest BCUT2D eigenvalue weighted by Crippen LogP contribution is -2.35. The Morgan fingerprint density at radius 1 is 1.11 bits per heavy atom. The van der Waals surface area contributed by atoms with Gasteiger partial charge in [0.15, 0.2) is 6.61 Å². The molecule has 0 bridgehead atoms. The molecule has 1 aromatic heterocycles. The van der Waals surface area contributed by atoms with E-state index in [1.807, 2.05) is 43.3 Å². The van der Waals surface area contributed by atoms with Crippen molar-refractivity contribution >= 4 is 45.6 Å². The number of hydrogen-bond donors (Lipinski definition) is 0. The summed E-state index contributed by atoms with van der Waals surface area (Å²) in [5, 5.41) is 10.5. The lowest BCUT2D eigenvalue weighted by Gasteiger charge is -2.18. The maximum Gasteiger partial charge on any atom is 0.266 e. The van der Waals surface area contributed by atoms with Gasteiger partial charge in [-0.05, 0) is 30.7 Å². The van der Waals surface area contributed by atoms with Crippen LogP contribution in [0.15, 0.2) is 48.5 Å². The van der Waals surface area contributed by atoms with Gasteiger partial charge in [-0.1, -0.05) is 65.7 Å². The Morgan fingerprint density at radius 3 is 2.59 bits per heavy atom. The fourth-order valence-corrected chi connectivity index (χ4v) is 3.54. The van der Waals surface area contributed by atoms with Crippen molar-refractivity contribution in [1.29, 1.82) is 0 Å². The Balaban J connectivity index is 1.75. The van der Waals surface area contributed by atoms with Crippen LogP contribution in [0.1, 0.15) is 13.3 Å². The number of para-hydroxylation sites is 1. The molecule has 5 nitrogen and oxygen atoms in total. The van der Waals surface area contributed by atoms with Gasteiger partial charge >= 0.3 is 0 Å². The number of carbonyl (C=O) groups excluding carboxylic acids is 1. The van der Waals surface area contributed by atoms with Crippen LogP contribution in [-0.4, -0.2) is 29.3 Å². The van der Waals surface area contributed by atoms with Crippen LogP contribution in [0.2, 0.25) is 10.0 Å². The molecule has 0 radical (unpaired) electrons. The number of amides is 1. The Morgan fingerprint density at radius 2 is 1.89 bits per heavy atom. The van der Waals surface area contributed by atoms with E-state index >= 15 is 0 Å². The first-order valence-corrected chi connectivity index (χ1v) is 9.93. The van der Waals surface area contributed by atoms with Crippen molar-refractivity contribution in [1.82, 2.24) is 10.2 Å². The predicted molar refractivity (Wildman–Crippen MR) is 110 cm³/mol. The average molecular weight is 422 g/mol. The molecule has 0 N–H and O–H groups in total. The number of nitrogens with zero attached hydrogens (tertiary/aromatic N) is 3. The molecule has 0 aliphatic carbocycles. The summed E-state index contributed by atoms with van der Waals surface area (Å²) in [5.41, 5.74) is 0.803. The molecular weight excluding hydrogens is 405 g/mol. The minimum atomic E-state index is -0.169. The number of hydrogen-bond acceptors (Lipinski definition) is 5. The number of ether oxygens (including phenoxy) is 1. The topological polar surface area (TPSA) is 55.3 Å². The highest BCUT2D eigenvalue weighted by Gasteiger charge is 2.20. The van der Waals surface area contributed by atoms with Gasteiger partial charge in [0, 0.05) is 12.1 Å². The minimum absolute atomic E-state index is 0.0638. The molecule has 140 valence electrons. The molecule has 0 saturated heterocycles. The molecule has 0 saturated carbocycles. The molecule has 0 atom stereocenters. The molecule has 2 aromatic carbocycles. The summed E-state index contributed by atoms with van der Waals surface area (Å²) in [6.07, 6.45) is 0.790. The molecule has 8 heteroatoms. The number of anilines is 1. The normalized spacial score (nSPS) is 10.6. The molecule has 0 aliphatic heterocycles. The van der Waals surface area contributed by atoms with Crippen molar-refractivity contribution in [3.8, 4) is 16.3 Å². The van der Waals surface area contributed by atoms with E-state index in [4.69, 9.17) is 27.9 Å². The maximum atomic E-state index is 12.7. The van der Waals surface area contributed by atoms with Gasteiger partial charge in [-0.25, -0.2) is 0 Å². The summed E-state index contributed by atoms with van der Waals surface area (Å²) < 4.78 is 5.57. The van der Waals surface area contributed by atoms with Gasteiger partial charge in [-0.15, -0.1) is 10.2 Å².